The van der Waals surface area contributed by atoms with Crippen LogP contribution >= 0.6 is 0 Å². The molecule has 1 aliphatic heterocycles. The van der Waals surface area contributed by atoms with E-state index < -0.39 is 34.1 Å². The first-order valence-electron chi connectivity index (χ1n) is 7.11. The van der Waals surface area contributed by atoms with Gasteiger partial charge < -0.3 is 10.6 Å². The average molecular weight is 343 g/mol. The van der Waals surface area contributed by atoms with Crippen LogP contribution in [0.2, 0.25) is 0 Å². The highest BCUT2D eigenvalue weighted by atomic mass is 32.2. The lowest BCUT2D eigenvalue weighted by molar-refractivity contribution is -0.126. The molecule has 1 aliphatic rings. The van der Waals surface area contributed by atoms with E-state index in [1.807, 2.05) is 0 Å². The van der Waals surface area contributed by atoms with Gasteiger partial charge in [0.15, 0.2) is 0 Å². The number of hydrogen-bond acceptors (Lipinski definition) is 4. The van der Waals surface area contributed by atoms with Crippen LogP contribution < -0.4 is 10.6 Å². The molecule has 0 aliphatic carbocycles. The first kappa shape index (κ1) is 17.4. The SMILES string of the molecule is NC(=O)CC(=O)N(CCN1CCCS1(=O)=O)c1cccc(F)c1. The van der Waals surface area contributed by atoms with Crippen molar-refractivity contribution in [3.8, 4) is 0 Å². The third-order valence-corrected chi connectivity index (χ3v) is 5.48. The van der Waals surface area contributed by atoms with Crippen LogP contribution in [0.25, 0.3) is 0 Å². The number of carbonyl (C=O) groups is 2. The van der Waals surface area contributed by atoms with Crippen molar-refractivity contribution in [1.29, 1.82) is 0 Å². The summed E-state index contributed by atoms with van der Waals surface area (Å²) in [7, 11) is -3.29. The van der Waals surface area contributed by atoms with Crippen molar-refractivity contribution in [3.63, 3.8) is 0 Å². The van der Waals surface area contributed by atoms with Gasteiger partial charge in [-0.05, 0) is 24.6 Å². The second-order valence-electron chi connectivity index (χ2n) is 5.24. The lowest BCUT2D eigenvalue weighted by atomic mass is 10.2. The van der Waals surface area contributed by atoms with E-state index in [2.05, 4.69) is 0 Å². The van der Waals surface area contributed by atoms with Crippen molar-refractivity contribution in [1.82, 2.24) is 4.31 Å². The van der Waals surface area contributed by atoms with Gasteiger partial charge in [0.2, 0.25) is 21.8 Å². The van der Waals surface area contributed by atoms with E-state index in [4.69, 9.17) is 5.73 Å². The van der Waals surface area contributed by atoms with Crippen molar-refractivity contribution in [2.24, 2.45) is 5.73 Å². The van der Waals surface area contributed by atoms with Crippen LogP contribution in [0.4, 0.5) is 10.1 Å². The Hall–Kier alpha value is -2.00. The Morgan fingerprint density at radius 3 is 2.65 bits per heavy atom. The summed E-state index contributed by atoms with van der Waals surface area (Å²) in [5.41, 5.74) is 5.29. The third kappa shape index (κ3) is 4.49. The predicted molar refractivity (Wildman–Crippen MR) is 82.5 cm³/mol. The van der Waals surface area contributed by atoms with Gasteiger partial charge in [-0.2, -0.15) is 0 Å². The topological polar surface area (TPSA) is 101 Å². The van der Waals surface area contributed by atoms with Gasteiger partial charge in [0.05, 0.1) is 5.75 Å². The van der Waals surface area contributed by atoms with Gasteiger partial charge in [0.25, 0.3) is 0 Å². The Bertz CT molecular complexity index is 708. The molecule has 0 saturated carbocycles. The van der Waals surface area contributed by atoms with Crippen LogP contribution in [0.15, 0.2) is 24.3 Å². The van der Waals surface area contributed by atoms with Gasteiger partial charge in [0, 0.05) is 25.3 Å². The van der Waals surface area contributed by atoms with E-state index in [-0.39, 0.29) is 24.5 Å². The van der Waals surface area contributed by atoms with Crippen LogP contribution in [-0.4, -0.2) is 49.9 Å². The van der Waals surface area contributed by atoms with E-state index >= 15 is 0 Å². The molecular formula is C14H18FN3O4S. The maximum absolute atomic E-state index is 13.4. The number of sulfonamides is 1. The molecule has 0 spiro atoms. The summed E-state index contributed by atoms with van der Waals surface area (Å²) in [6.45, 7) is 0.501. The number of amides is 2. The monoisotopic (exact) mass is 343 g/mol. The minimum atomic E-state index is -3.29. The summed E-state index contributed by atoms with van der Waals surface area (Å²) >= 11 is 0. The lowest BCUT2D eigenvalue weighted by Gasteiger charge is -2.25. The summed E-state index contributed by atoms with van der Waals surface area (Å²) in [4.78, 5) is 24.3. The van der Waals surface area contributed by atoms with E-state index in [0.717, 1.165) is 6.07 Å². The Labute approximate surface area is 133 Å². The molecule has 2 N–H and O–H groups in total. The first-order chi connectivity index (χ1) is 10.8. The summed E-state index contributed by atoms with van der Waals surface area (Å²) in [5, 5.41) is 0. The van der Waals surface area contributed by atoms with Crippen LogP contribution in [-0.2, 0) is 19.6 Å². The fraction of sp³-hybridized carbons (Fsp3) is 0.429. The average Bonchev–Trinajstić information content (AvgIpc) is 2.77. The highest BCUT2D eigenvalue weighted by molar-refractivity contribution is 7.89. The molecule has 1 heterocycles. The molecule has 0 atom stereocenters. The molecule has 0 bridgehead atoms. The number of hydrogen-bond donors (Lipinski definition) is 1. The molecule has 1 fully saturated rings. The lowest BCUT2D eigenvalue weighted by Crippen LogP contribution is -2.40. The number of halogens is 1. The first-order valence-corrected chi connectivity index (χ1v) is 8.72. The van der Waals surface area contributed by atoms with Crippen LogP contribution in [0, 0.1) is 5.82 Å². The Kier molecular flexibility index (Phi) is 5.32. The highest BCUT2D eigenvalue weighted by Crippen LogP contribution is 2.18. The number of anilines is 1. The maximum atomic E-state index is 13.4. The Morgan fingerprint density at radius 2 is 2.09 bits per heavy atom. The van der Waals surface area contributed by atoms with Gasteiger partial charge in [-0.15, -0.1) is 0 Å². The standard InChI is InChI=1S/C14H18FN3O4S/c15-11-3-1-4-12(9-11)18(14(20)10-13(16)19)7-6-17-5-2-8-23(17,21)22/h1,3-4,9H,2,5-8,10H2,(H2,16,19). The largest absolute Gasteiger partial charge is 0.369 e. The molecule has 0 aromatic heterocycles. The smallest absolute Gasteiger partial charge is 0.236 e. The minimum absolute atomic E-state index is 0.0226. The number of nitrogens with two attached hydrogens (primary N) is 1. The van der Waals surface area contributed by atoms with E-state index in [1.165, 1.54) is 27.4 Å². The third-order valence-electron chi connectivity index (χ3n) is 3.52. The Balaban J connectivity index is 2.16. The highest BCUT2D eigenvalue weighted by Gasteiger charge is 2.29. The van der Waals surface area contributed by atoms with Gasteiger partial charge in [-0.1, -0.05) is 6.07 Å². The zero-order chi connectivity index (χ0) is 17.0. The molecule has 1 aromatic carbocycles. The normalized spacial score (nSPS) is 17.1. The molecule has 1 aromatic rings. The van der Waals surface area contributed by atoms with Gasteiger partial charge >= 0.3 is 0 Å². The second kappa shape index (κ2) is 7.05. The van der Waals surface area contributed by atoms with Crippen molar-refractivity contribution < 1.29 is 22.4 Å². The summed E-state index contributed by atoms with van der Waals surface area (Å²) in [6, 6.07) is 5.32. The fourth-order valence-corrected chi connectivity index (χ4v) is 3.96. The fourth-order valence-electron chi connectivity index (χ4n) is 2.44. The molecule has 9 heteroatoms. The molecule has 2 amide bonds. The molecule has 0 radical (unpaired) electrons. The van der Waals surface area contributed by atoms with E-state index in [0.29, 0.717) is 13.0 Å². The quantitative estimate of drug-likeness (QED) is 0.739. The summed E-state index contributed by atoms with van der Waals surface area (Å²) in [6.07, 6.45) is 0.0147. The molecule has 0 unspecified atom stereocenters. The number of nitrogens with zero attached hydrogens (tertiary/aromatic N) is 2. The van der Waals surface area contributed by atoms with E-state index in [9.17, 15) is 22.4 Å². The van der Waals surface area contributed by atoms with Gasteiger partial charge in [-0.25, -0.2) is 17.1 Å². The van der Waals surface area contributed by atoms with E-state index in [1.54, 1.807) is 0 Å². The number of rotatable bonds is 6. The van der Waals surface area contributed by atoms with Crippen molar-refractivity contribution in [2.45, 2.75) is 12.8 Å². The molecule has 126 valence electrons. The van der Waals surface area contributed by atoms with Gasteiger partial charge in [-0.3, -0.25) is 9.59 Å². The minimum Gasteiger partial charge on any atom is -0.369 e. The molecule has 7 nitrogen and oxygen atoms in total. The molecule has 2 rings (SSSR count). The zero-order valence-corrected chi connectivity index (χ0v) is 13.3. The predicted octanol–water partition coefficient (Wildman–Crippen LogP) is 0.0696. The van der Waals surface area contributed by atoms with Crippen LogP contribution in [0.3, 0.4) is 0 Å². The van der Waals surface area contributed by atoms with Crippen molar-refractivity contribution in [3.05, 3.63) is 30.1 Å². The second-order valence-corrected chi connectivity index (χ2v) is 7.33. The molecule has 23 heavy (non-hydrogen) atoms. The Morgan fingerprint density at radius 1 is 1.35 bits per heavy atom. The summed E-state index contributed by atoms with van der Waals surface area (Å²) < 4.78 is 38.3. The maximum Gasteiger partial charge on any atom is 0.236 e. The zero-order valence-electron chi connectivity index (χ0n) is 12.4. The van der Waals surface area contributed by atoms with Crippen molar-refractivity contribution in [2.75, 3.05) is 30.3 Å². The van der Waals surface area contributed by atoms with Crippen molar-refractivity contribution >= 4 is 27.5 Å². The molecular weight excluding hydrogens is 325 g/mol. The number of carbonyl (C=O) groups excluding carboxylic acids is 2. The number of primary amides is 1. The number of benzene rings is 1. The van der Waals surface area contributed by atoms with Crippen LogP contribution in [0.1, 0.15) is 12.8 Å². The van der Waals surface area contributed by atoms with Gasteiger partial charge in [0.1, 0.15) is 12.2 Å². The van der Waals surface area contributed by atoms with Crippen LogP contribution in [0.5, 0.6) is 0 Å². The summed E-state index contributed by atoms with van der Waals surface area (Å²) in [5.74, 6) is -1.85. The molecule has 1 saturated heterocycles.